The molecule has 0 aromatic carbocycles. The summed E-state index contributed by atoms with van der Waals surface area (Å²) in [5.41, 5.74) is 4.85. The van der Waals surface area contributed by atoms with E-state index in [2.05, 4.69) is 4.72 Å². The molecule has 0 atom stereocenters. The van der Waals surface area contributed by atoms with Gasteiger partial charge in [0.2, 0.25) is 10.0 Å². The van der Waals surface area contributed by atoms with Crippen molar-refractivity contribution in [3.8, 4) is 0 Å². The molecule has 0 aliphatic carbocycles. The van der Waals surface area contributed by atoms with Gasteiger partial charge >= 0.3 is 5.97 Å². The third kappa shape index (κ3) is 2.65. The van der Waals surface area contributed by atoms with Gasteiger partial charge in [-0.15, -0.1) is 0 Å². The first-order valence-electron chi connectivity index (χ1n) is 4.84. The van der Waals surface area contributed by atoms with E-state index >= 15 is 0 Å². The minimum absolute atomic E-state index is 0.0328. The van der Waals surface area contributed by atoms with Crippen LogP contribution in [0.1, 0.15) is 21.9 Å². The molecule has 17 heavy (non-hydrogen) atoms. The minimum Gasteiger partial charge on any atom is -0.478 e. The number of carbonyl (C=O) groups is 1. The largest absolute Gasteiger partial charge is 0.478 e. The number of aromatic carboxylic acids is 1. The number of sulfonamides is 1. The van der Waals surface area contributed by atoms with Crippen LogP contribution in [0.15, 0.2) is 9.31 Å². The van der Waals surface area contributed by atoms with E-state index in [1.54, 1.807) is 0 Å². The maximum atomic E-state index is 11.9. The monoisotopic (exact) mass is 262 g/mol. The van der Waals surface area contributed by atoms with E-state index in [4.69, 9.17) is 15.3 Å². The molecule has 0 radical (unpaired) electrons. The maximum Gasteiger partial charge on any atom is 0.340 e. The van der Waals surface area contributed by atoms with E-state index in [-0.39, 0.29) is 35.1 Å². The van der Waals surface area contributed by atoms with Crippen molar-refractivity contribution in [2.24, 2.45) is 5.73 Å². The van der Waals surface area contributed by atoms with Gasteiger partial charge < -0.3 is 15.3 Å². The van der Waals surface area contributed by atoms with Crippen LogP contribution in [0.25, 0.3) is 0 Å². The molecular formula is C9H14N2O5S. The molecule has 0 aliphatic rings. The second kappa shape index (κ2) is 4.86. The third-order valence-corrected chi connectivity index (χ3v) is 3.74. The van der Waals surface area contributed by atoms with Gasteiger partial charge in [0, 0.05) is 13.1 Å². The summed E-state index contributed by atoms with van der Waals surface area (Å²) in [6.07, 6.45) is 0. The minimum atomic E-state index is -3.91. The number of carboxylic acids is 1. The normalized spacial score (nSPS) is 11.7. The lowest BCUT2D eigenvalue weighted by atomic mass is 10.2. The first-order chi connectivity index (χ1) is 7.81. The molecule has 0 fully saturated rings. The van der Waals surface area contributed by atoms with E-state index in [0.29, 0.717) is 0 Å². The van der Waals surface area contributed by atoms with Gasteiger partial charge in [-0.3, -0.25) is 0 Å². The highest BCUT2D eigenvalue weighted by Gasteiger charge is 2.30. The summed E-state index contributed by atoms with van der Waals surface area (Å²) in [4.78, 5) is 10.7. The number of nitrogens with two attached hydrogens (primary N) is 1. The van der Waals surface area contributed by atoms with Crippen molar-refractivity contribution >= 4 is 16.0 Å². The quantitative estimate of drug-likeness (QED) is 0.677. The van der Waals surface area contributed by atoms with E-state index in [9.17, 15) is 13.2 Å². The van der Waals surface area contributed by atoms with Gasteiger partial charge in [-0.2, -0.15) is 0 Å². The Morgan fingerprint density at radius 2 is 2.00 bits per heavy atom. The number of carboxylic acid groups (broad SMARTS) is 1. The molecule has 0 unspecified atom stereocenters. The molecule has 4 N–H and O–H groups in total. The van der Waals surface area contributed by atoms with Crippen LogP contribution in [0, 0.1) is 13.8 Å². The van der Waals surface area contributed by atoms with Crippen LogP contribution in [-0.4, -0.2) is 32.6 Å². The molecule has 0 amide bonds. The predicted octanol–water partition coefficient (Wildman–Crippen LogP) is -0.168. The van der Waals surface area contributed by atoms with Crippen LogP contribution in [0.4, 0.5) is 0 Å². The highest BCUT2D eigenvalue weighted by atomic mass is 32.2. The van der Waals surface area contributed by atoms with Crippen molar-refractivity contribution in [1.29, 1.82) is 0 Å². The van der Waals surface area contributed by atoms with E-state index in [1.165, 1.54) is 13.8 Å². The fourth-order valence-corrected chi connectivity index (χ4v) is 2.95. The van der Waals surface area contributed by atoms with Gasteiger partial charge in [-0.1, -0.05) is 0 Å². The number of hydrogen-bond donors (Lipinski definition) is 3. The summed E-state index contributed by atoms with van der Waals surface area (Å²) >= 11 is 0. The lowest BCUT2D eigenvalue weighted by molar-refractivity contribution is 0.0691. The Morgan fingerprint density at radius 3 is 2.47 bits per heavy atom. The molecular weight excluding hydrogens is 248 g/mol. The first kappa shape index (κ1) is 13.7. The van der Waals surface area contributed by atoms with Crippen molar-refractivity contribution in [3.05, 3.63) is 17.1 Å². The summed E-state index contributed by atoms with van der Waals surface area (Å²) in [6, 6.07) is 0. The van der Waals surface area contributed by atoms with Crippen LogP contribution >= 0.6 is 0 Å². The Bertz CT molecular complexity index is 532. The Morgan fingerprint density at radius 1 is 1.41 bits per heavy atom. The molecule has 8 heteroatoms. The van der Waals surface area contributed by atoms with Crippen LogP contribution < -0.4 is 10.5 Å². The fourth-order valence-electron chi connectivity index (χ4n) is 1.50. The van der Waals surface area contributed by atoms with Gasteiger partial charge in [-0.05, 0) is 13.8 Å². The van der Waals surface area contributed by atoms with Crippen LogP contribution in [0.3, 0.4) is 0 Å². The topological polar surface area (TPSA) is 123 Å². The van der Waals surface area contributed by atoms with Crippen molar-refractivity contribution in [3.63, 3.8) is 0 Å². The summed E-state index contributed by atoms with van der Waals surface area (Å²) < 4.78 is 31.0. The van der Waals surface area contributed by atoms with Crippen molar-refractivity contribution < 1.29 is 22.7 Å². The molecule has 0 aliphatic heterocycles. The van der Waals surface area contributed by atoms with Gasteiger partial charge in [-0.25, -0.2) is 17.9 Å². The summed E-state index contributed by atoms with van der Waals surface area (Å²) in [7, 11) is -3.91. The SMILES string of the molecule is Cc1oc(C)c(S(=O)(=O)NCCN)c1C(=O)O. The van der Waals surface area contributed by atoms with Crippen LogP contribution in [0.2, 0.25) is 0 Å². The van der Waals surface area contributed by atoms with Gasteiger partial charge in [0.1, 0.15) is 22.0 Å². The zero-order valence-electron chi connectivity index (χ0n) is 9.48. The number of nitrogens with one attached hydrogen (secondary N) is 1. The van der Waals surface area contributed by atoms with Crippen molar-refractivity contribution in [2.45, 2.75) is 18.7 Å². The molecule has 96 valence electrons. The molecule has 1 heterocycles. The van der Waals surface area contributed by atoms with Crippen molar-refractivity contribution in [2.75, 3.05) is 13.1 Å². The second-order valence-corrected chi connectivity index (χ2v) is 5.11. The fraction of sp³-hybridized carbons (Fsp3) is 0.444. The molecule has 1 aromatic rings. The van der Waals surface area contributed by atoms with Crippen LogP contribution in [0.5, 0.6) is 0 Å². The molecule has 0 saturated heterocycles. The second-order valence-electron chi connectivity index (χ2n) is 3.41. The zero-order valence-corrected chi connectivity index (χ0v) is 10.3. The smallest absolute Gasteiger partial charge is 0.340 e. The average molecular weight is 262 g/mol. The molecule has 0 saturated carbocycles. The van der Waals surface area contributed by atoms with Gasteiger partial charge in [0.15, 0.2) is 0 Å². The van der Waals surface area contributed by atoms with E-state index in [0.717, 1.165) is 0 Å². The molecule has 0 bridgehead atoms. The van der Waals surface area contributed by atoms with Gasteiger partial charge in [0.25, 0.3) is 0 Å². The summed E-state index contributed by atoms with van der Waals surface area (Å²) in [6.45, 7) is 2.96. The van der Waals surface area contributed by atoms with E-state index < -0.39 is 16.0 Å². The Labute approximate surface area is 98.7 Å². The Balaban J connectivity index is 3.35. The number of rotatable bonds is 5. The average Bonchev–Trinajstić information content (AvgIpc) is 2.51. The first-order valence-corrected chi connectivity index (χ1v) is 6.32. The summed E-state index contributed by atoms with van der Waals surface area (Å²) in [5.74, 6) is -1.24. The summed E-state index contributed by atoms with van der Waals surface area (Å²) in [5, 5.41) is 8.97. The van der Waals surface area contributed by atoms with Crippen molar-refractivity contribution in [1.82, 2.24) is 4.72 Å². The predicted molar refractivity (Wildman–Crippen MR) is 59.4 cm³/mol. The molecule has 7 nitrogen and oxygen atoms in total. The standard InChI is InChI=1S/C9H14N2O5S/c1-5-7(9(12)13)8(6(2)16-5)17(14,15)11-4-3-10/h11H,3-4,10H2,1-2H3,(H,12,13). The Kier molecular flexibility index (Phi) is 3.91. The number of furan rings is 1. The highest BCUT2D eigenvalue weighted by Crippen LogP contribution is 2.26. The van der Waals surface area contributed by atoms with E-state index in [1.807, 2.05) is 0 Å². The zero-order chi connectivity index (χ0) is 13.2. The Hall–Kier alpha value is -1.38. The third-order valence-electron chi connectivity index (χ3n) is 2.12. The molecule has 1 aromatic heterocycles. The van der Waals surface area contributed by atoms with Crippen LogP contribution in [-0.2, 0) is 10.0 Å². The lowest BCUT2D eigenvalue weighted by Crippen LogP contribution is -2.30. The lowest BCUT2D eigenvalue weighted by Gasteiger charge is -2.05. The van der Waals surface area contributed by atoms with Gasteiger partial charge in [0.05, 0.1) is 0 Å². The number of aryl methyl sites for hydroxylation is 2. The highest BCUT2D eigenvalue weighted by molar-refractivity contribution is 7.89. The molecule has 1 rings (SSSR count). The maximum absolute atomic E-state index is 11.9. The molecule has 0 spiro atoms. The number of hydrogen-bond acceptors (Lipinski definition) is 5.